The van der Waals surface area contributed by atoms with Crippen LogP contribution in [-0.4, -0.2) is 54.3 Å². The predicted octanol–water partition coefficient (Wildman–Crippen LogP) is 0.887. The fourth-order valence-electron chi connectivity index (χ4n) is 2.79. The van der Waals surface area contributed by atoms with E-state index in [-0.39, 0.29) is 19.4 Å². The lowest BCUT2D eigenvalue weighted by Gasteiger charge is -2.21. The Bertz CT molecular complexity index is 903. The van der Waals surface area contributed by atoms with E-state index in [0.29, 0.717) is 0 Å². The molecule has 1 amide bonds. The average Bonchev–Trinajstić information content (AvgIpc) is 2.67. The summed E-state index contributed by atoms with van der Waals surface area (Å²) in [6, 6.07) is 16.0. The number of carbonyl (C=O) groups excluding carboxylic acids is 1. The van der Waals surface area contributed by atoms with Crippen molar-refractivity contribution in [2.24, 2.45) is 0 Å². The highest BCUT2D eigenvalue weighted by atomic mass is 32.2. The molecule has 2 atom stereocenters. The number of carboxylic acid groups (broad SMARTS) is 1. The van der Waals surface area contributed by atoms with Gasteiger partial charge in [-0.1, -0.05) is 60.7 Å². The van der Waals surface area contributed by atoms with Crippen LogP contribution in [0.15, 0.2) is 60.7 Å². The molecule has 8 nitrogen and oxygen atoms in total. The van der Waals surface area contributed by atoms with Gasteiger partial charge >= 0.3 is 5.97 Å². The molecule has 0 fully saturated rings. The topological polar surface area (TPSA) is 133 Å². The van der Waals surface area contributed by atoms with E-state index in [1.165, 1.54) is 0 Å². The van der Waals surface area contributed by atoms with Crippen LogP contribution in [-0.2, 0) is 32.5 Å². The smallest absolute Gasteiger partial charge is 0.326 e. The molecule has 4 N–H and O–H groups in total. The van der Waals surface area contributed by atoms with Crippen LogP contribution in [0.4, 0.5) is 0 Å². The quantitative estimate of drug-likeness (QED) is 0.397. The Morgan fingerprint density at radius 3 is 1.79 bits per heavy atom. The minimum Gasteiger partial charge on any atom is -0.480 e. The zero-order valence-electron chi connectivity index (χ0n) is 15.7. The molecule has 0 heterocycles. The molecule has 0 radical (unpaired) electrons. The van der Waals surface area contributed by atoms with Crippen molar-refractivity contribution in [1.29, 1.82) is 0 Å². The number of rotatable bonds is 11. The molecule has 9 heteroatoms. The van der Waals surface area contributed by atoms with Crippen LogP contribution in [0.1, 0.15) is 11.1 Å². The van der Waals surface area contributed by atoms with Crippen molar-refractivity contribution in [3.63, 3.8) is 0 Å². The largest absolute Gasteiger partial charge is 0.480 e. The molecule has 156 valence electrons. The summed E-state index contributed by atoms with van der Waals surface area (Å²) in [5, 5.41) is 14.8. The van der Waals surface area contributed by atoms with Crippen LogP contribution in [0.3, 0.4) is 0 Å². The number of amides is 1. The molecule has 0 aliphatic heterocycles. The molecule has 29 heavy (non-hydrogen) atoms. The Morgan fingerprint density at radius 2 is 1.34 bits per heavy atom. The number of nitrogens with one attached hydrogen (secondary N) is 2. The van der Waals surface area contributed by atoms with Gasteiger partial charge in [-0.2, -0.15) is 8.42 Å². The standard InChI is InChI=1S/C20H24N2O6S/c23-19(22-18(20(24)25)14-16-9-5-2-6-10-16)17(21-11-12-29(26,27)28)13-15-7-3-1-4-8-15/h1-10,17-18,21H,11-14H2,(H,22,23)(H,24,25)(H,26,27,28)/t17-,18-/m1/s1. The maximum absolute atomic E-state index is 12.8. The van der Waals surface area contributed by atoms with Crippen LogP contribution < -0.4 is 10.6 Å². The maximum Gasteiger partial charge on any atom is 0.326 e. The van der Waals surface area contributed by atoms with E-state index in [0.717, 1.165) is 11.1 Å². The lowest BCUT2D eigenvalue weighted by Crippen LogP contribution is -2.52. The van der Waals surface area contributed by atoms with Gasteiger partial charge in [0, 0.05) is 13.0 Å². The first-order valence-electron chi connectivity index (χ1n) is 9.04. The third-order valence-corrected chi connectivity index (χ3v) is 4.97. The molecule has 0 bridgehead atoms. The van der Waals surface area contributed by atoms with Crippen molar-refractivity contribution in [1.82, 2.24) is 10.6 Å². The number of carboxylic acids is 1. The Hall–Kier alpha value is -2.75. The van der Waals surface area contributed by atoms with Crippen molar-refractivity contribution in [3.8, 4) is 0 Å². The summed E-state index contributed by atoms with van der Waals surface area (Å²) in [5.74, 6) is -2.29. The van der Waals surface area contributed by atoms with Crippen molar-refractivity contribution in [3.05, 3.63) is 71.8 Å². The van der Waals surface area contributed by atoms with Gasteiger partial charge in [-0.3, -0.25) is 9.35 Å². The van der Waals surface area contributed by atoms with Crippen LogP contribution in [0.2, 0.25) is 0 Å². The Labute approximate surface area is 169 Å². The molecule has 0 spiro atoms. The van der Waals surface area contributed by atoms with Gasteiger partial charge < -0.3 is 15.7 Å². The highest BCUT2D eigenvalue weighted by Gasteiger charge is 2.26. The molecule has 2 aromatic rings. The van der Waals surface area contributed by atoms with E-state index < -0.39 is 39.8 Å². The van der Waals surface area contributed by atoms with Gasteiger partial charge in [0.2, 0.25) is 5.91 Å². The first-order valence-corrected chi connectivity index (χ1v) is 10.6. The van der Waals surface area contributed by atoms with Crippen molar-refractivity contribution >= 4 is 22.0 Å². The first-order chi connectivity index (χ1) is 13.7. The lowest BCUT2D eigenvalue weighted by atomic mass is 10.0. The van der Waals surface area contributed by atoms with E-state index in [9.17, 15) is 23.1 Å². The van der Waals surface area contributed by atoms with Crippen molar-refractivity contribution < 1.29 is 27.7 Å². The summed E-state index contributed by atoms with van der Waals surface area (Å²) in [7, 11) is -4.18. The molecule has 2 rings (SSSR count). The van der Waals surface area contributed by atoms with E-state index in [4.69, 9.17) is 4.55 Å². The fourth-order valence-corrected chi connectivity index (χ4v) is 3.17. The van der Waals surface area contributed by atoms with E-state index in [2.05, 4.69) is 10.6 Å². The van der Waals surface area contributed by atoms with Gasteiger partial charge in [0.25, 0.3) is 10.1 Å². The minimum absolute atomic E-state index is 0.116. The molecule has 0 saturated heterocycles. The second-order valence-electron chi connectivity index (χ2n) is 6.57. The van der Waals surface area contributed by atoms with Crippen LogP contribution >= 0.6 is 0 Å². The van der Waals surface area contributed by atoms with Gasteiger partial charge in [0.15, 0.2) is 0 Å². The molecule has 0 unspecified atom stereocenters. The van der Waals surface area contributed by atoms with Crippen LogP contribution in [0.25, 0.3) is 0 Å². The summed E-state index contributed by atoms with van der Waals surface area (Å²) in [4.78, 5) is 24.4. The highest BCUT2D eigenvalue weighted by molar-refractivity contribution is 7.85. The van der Waals surface area contributed by atoms with Crippen LogP contribution in [0.5, 0.6) is 0 Å². The normalized spacial score (nSPS) is 13.4. The third-order valence-electron chi connectivity index (χ3n) is 4.25. The predicted molar refractivity (Wildman–Crippen MR) is 108 cm³/mol. The zero-order chi connectivity index (χ0) is 21.3. The molecule has 2 aromatic carbocycles. The molecule has 0 aliphatic carbocycles. The average molecular weight is 420 g/mol. The highest BCUT2D eigenvalue weighted by Crippen LogP contribution is 2.07. The molecular formula is C20H24N2O6S. The van der Waals surface area contributed by atoms with E-state index in [1.807, 2.05) is 24.3 Å². The third kappa shape index (κ3) is 8.43. The van der Waals surface area contributed by atoms with Crippen molar-refractivity contribution in [2.45, 2.75) is 24.9 Å². The van der Waals surface area contributed by atoms with Crippen molar-refractivity contribution in [2.75, 3.05) is 12.3 Å². The second-order valence-corrected chi connectivity index (χ2v) is 8.14. The maximum atomic E-state index is 12.8. The van der Waals surface area contributed by atoms with Crippen LogP contribution in [0, 0.1) is 0 Å². The summed E-state index contributed by atoms with van der Waals surface area (Å²) >= 11 is 0. The molecular weight excluding hydrogens is 396 g/mol. The summed E-state index contributed by atoms with van der Waals surface area (Å²) in [6.07, 6.45) is 0.348. The second kappa shape index (κ2) is 10.7. The minimum atomic E-state index is -4.18. The van der Waals surface area contributed by atoms with Gasteiger partial charge in [-0.15, -0.1) is 0 Å². The number of aliphatic carboxylic acids is 1. The number of hydrogen-bond acceptors (Lipinski definition) is 5. The number of hydrogen-bond donors (Lipinski definition) is 4. The zero-order valence-corrected chi connectivity index (χ0v) is 16.5. The SMILES string of the molecule is O=C(O)[C@@H](Cc1ccccc1)NC(=O)[C@@H](Cc1ccccc1)NCCS(=O)(=O)O. The van der Waals surface area contributed by atoms with E-state index >= 15 is 0 Å². The number of carbonyl (C=O) groups is 2. The van der Waals surface area contributed by atoms with Gasteiger partial charge in [-0.25, -0.2) is 4.79 Å². The Morgan fingerprint density at radius 1 is 0.862 bits per heavy atom. The summed E-state index contributed by atoms with van der Waals surface area (Å²) in [5.41, 5.74) is 1.58. The Balaban J connectivity index is 2.09. The fraction of sp³-hybridized carbons (Fsp3) is 0.300. The van der Waals surface area contributed by atoms with Gasteiger partial charge in [0.1, 0.15) is 6.04 Å². The molecule has 0 aromatic heterocycles. The summed E-state index contributed by atoms with van der Waals surface area (Å²) in [6.45, 7) is -0.153. The lowest BCUT2D eigenvalue weighted by molar-refractivity contribution is -0.142. The van der Waals surface area contributed by atoms with E-state index in [1.54, 1.807) is 36.4 Å². The first kappa shape index (κ1) is 22.5. The summed E-state index contributed by atoms with van der Waals surface area (Å²) < 4.78 is 30.8. The monoisotopic (exact) mass is 420 g/mol. The molecule has 0 aliphatic rings. The van der Waals surface area contributed by atoms with Gasteiger partial charge in [0.05, 0.1) is 11.8 Å². The van der Waals surface area contributed by atoms with Gasteiger partial charge in [-0.05, 0) is 17.5 Å². The molecule has 0 saturated carbocycles. The number of benzene rings is 2. The Kier molecular flexibility index (Phi) is 8.32.